The fourth-order valence-electron chi connectivity index (χ4n) is 2.54. The molecule has 0 saturated carbocycles. The maximum Gasteiger partial charge on any atom is 0.310 e. The van der Waals surface area contributed by atoms with Crippen LogP contribution in [0.2, 0.25) is 0 Å². The number of thioether (sulfide) groups is 1. The first-order valence-corrected chi connectivity index (χ1v) is 9.22. The maximum absolute atomic E-state index is 11.5. The molecular formula is C17H19O4PS. The Kier molecular flexibility index (Phi) is 6.17. The first kappa shape index (κ1) is 17.9. The number of carboxylic acids is 1. The molecule has 0 spiro atoms. The van der Waals surface area contributed by atoms with Gasteiger partial charge >= 0.3 is 5.97 Å². The highest BCUT2D eigenvalue weighted by molar-refractivity contribution is 7.99. The van der Waals surface area contributed by atoms with Gasteiger partial charge in [-0.1, -0.05) is 49.7 Å². The van der Waals surface area contributed by atoms with Gasteiger partial charge in [-0.2, -0.15) is 0 Å². The number of aliphatic carboxylic acids is 1. The highest BCUT2D eigenvalue weighted by Gasteiger charge is 2.42. The van der Waals surface area contributed by atoms with Crippen LogP contribution in [0.25, 0.3) is 10.8 Å². The van der Waals surface area contributed by atoms with E-state index < -0.39 is 25.7 Å². The largest absolute Gasteiger partial charge is 0.481 e. The van der Waals surface area contributed by atoms with E-state index in [1.807, 2.05) is 49.4 Å². The number of benzene rings is 2. The molecule has 0 bridgehead atoms. The van der Waals surface area contributed by atoms with Crippen molar-refractivity contribution in [1.29, 1.82) is 0 Å². The van der Waals surface area contributed by atoms with Crippen molar-refractivity contribution in [1.82, 2.24) is 0 Å². The van der Waals surface area contributed by atoms with Crippen LogP contribution in [0.15, 0.2) is 47.4 Å². The van der Waals surface area contributed by atoms with Crippen molar-refractivity contribution >= 4 is 37.0 Å². The quantitative estimate of drug-likeness (QED) is 0.545. The zero-order valence-corrected chi connectivity index (χ0v) is 14.5. The van der Waals surface area contributed by atoms with Gasteiger partial charge in [0.05, 0.1) is 5.92 Å². The monoisotopic (exact) mass is 350 g/mol. The lowest BCUT2D eigenvalue weighted by molar-refractivity contribution is -0.146. The molecule has 0 fully saturated rings. The highest BCUT2D eigenvalue weighted by Crippen LogP contribution is 2.39. The van der Waals surface area contributed by atoms with Gasteiger partial charge in [0.25, 0.3) is 0 Å². The first-order valence-electron chi connectivity index (χ1n) is 7.42. The number of carbonyl (C=O) groups is 1. The standard InChI is InChI=1S/C17H19O4PS/c1-2-6-14(16(18)19)17(20,22-21)11-23-15-10-5-8-12-7-3-4-9-13(12)15/h3-5,7-10,14,20H,2,6,11H2,1H3,(H,18,19). The van der Waals surface area contributed by atoms with Crippen LogP contribution in [0.1, 0.15) is 19.8 Å². The first-order chi connectivity index (χ1) is 11.0. The Morgan fingerprint density at radius 2 is 1.96 bits per heavy atom. The summed E-state index contributed by atoms with van der Waals surface area (Å²) in [6, 6.07) is 13.7. The molecule has 0 heterocycles. The topological polar surface area (TPSA) is 74.6 Å². The van der Waals surface area contributed by atoms with Crippen LogP contribution < -0.4 is 0 Å². The number of hydrogen-bond donors (Lipinski definition) is 2. The van der Waals surface area contributed by atoms with E-state index in [4.69, 9.17) is 0 Å². The van der Waals surface area contributed by atoms with Gasteiger partial charge in [0, 0.05) is 10.6 Å². The molecule has 0 aliphatic rings. The number of fused-ring (bicyclic) bond motifs is 1. The smallest absolute Gasteiger partial charge is 0.310 e. The maximum atomic E-state index is 11.5. The Morgan fingerprint density at radius 3 is 2.61 bits per heavy atom. The van der Waals surface area contributed by atoms with Crippen molar-refractivity contribution in [3.8, 4) is 0 Å². The number of rotatable bonds is 8. The molecule has 23 heavy (non-hydrogen) atoms. The van der Waals surface area contributed by atoms with E-state index in [2.05, 4.69) is 0 Å². The third-order valence-corrected chi connectivity index (χ3v) is 6.03. The van der Waals surface area contributed by atoms with Crippen LogP contribution in [0.4, 0.5) is 0 Å². The van der Waals surface area contributed by atoms with Crippen LogP contribution in [0, 0.1) is 5.92 Å². The minimum absolute atomic E-state index is 0.0586. The average molecular weight is 350 g/mol. The van der Waals surface area contributed by atoms with Gasteiger partial charge in [-0.25, -0.2) is 0 Å². The van der Waals surface area contributed by atoms with Crippen LogP contribution >= 0.6 is 20.2 Å². The summed E-state index contributed by atoms with van der Waals surface area (Å²) >= 11 is 1.33. The van der Waals surface area contributed by atoms with Crippen LogP contribution in [0.5, 0.6) is 0 Å². The molecular weight excluding hydrogens is 331 g/mol. The Bertz CT molecular complexity index is 701. The van der Waals surface area contributed by atoms with E-state index >= 15 is 0 Å². The molecule has 0 aliphatic heterocycles. The predicted molar refractivity (Wildman–Crippen MR) is 93.3 cm³/mol. The molecule has 2 unspecified atom stereocenters. The van der Waals surface area contributed by atoms with Gasteiger partial charge in [-0.15, -0.1) is 11.8 Å². The van der Waals surface area contributed by atoms with E-state index in [1.165, 1.54) is 11.8 Å². The molecule has 0 aliphatic carbocycles. The number of hydrogen-bond acceptors (Lipinski definition) is 4. The number of aliphatic hydroxyl groups is 1. The van der Waals surface area contributed by atoms with Crippen molar-refractivity contribution in [3.05, 3.63) is 42.5 Å². The SMILES string of the molecule is CCCC(C(=O)O)C(O)(CSc1cccc2ccccc12)P=O. The van der Waals surface area contributed by atoms with Crippen molar-refractivity contribution < 1.29 is 19.6 Å². The van der Waals surface area contributed by atoms with Gasteiger partial charge in [0.15, 0.2) is 13.8 Å². The molecule has 6 heteroatoms. The Labute approximate surface area is 141 Å². The lowest BCUT2D eigenvalue weighted by Crippen LogP contribution is -2.39. The highest BCUT2D eigenvalue weighted by atomic mass is 32.2. The zero-order valence-electron chi connectivity index (χ0n) is 12.8. The summed E-state index contributed by atoms with van der Waals surface area (Å²) < 4.78 is 11.5. The molecule has 4 nitrogen and oxygen atoms in total. The lowest BCUT2D eigenvalue weighted by Gasteiger charge is -2.27. The molecule has 2 N–H and O–H groups in total. The second kappa shape index (κ2) is 7.91. The van der Waals surface area contributed by atoms with Gasteiger partial charge in [0.2, 0.25) is 0 Å². The molecule has 2 atom stereocenters. The Morgan fingerprint density at radius 1 is 1.26 bits per heavy atom. The summed E-state index contributed by atoms with van der Waals surface area (Å²) in [5.74, 6) is -2.10. The fraction of sp³-hybridized carbons (Fsp3) is 0.353. The third-order valence-electron chi connectivity index (χ3n) is 3.78. The second-order valence-corrected chi connectivity index (χ2v) is 7.39. The van der Waals surface area contributed by atoms with Gasteiger partial charge in [-0.05, 0) is 23.3 Å². The summed E-state index contributed by atoms with van der Waals surface area (Å²) in [5, 5.41) is 20.2. The van der Waals surface area contributed by atoms with Crippen LogP contribution in [-0.2, 0) is 9.36 Å². The predicted octanol–water partition coefficient (Wildman–Crippen LogP) is 4.41. The summed E-state index contributed by atoms with van der Waals surface area (Å²) in [4.78, 5) is 12.3. The molecule has 0 amide bonds. The van der Waals surface area contributed by atoms with Crippen molar-refractivity contribution in [2.24, 2.45) is 5.92 Å². The molecule has 0 saturated heterocycles. The summed E-state index contributed by atoms with van der Waals surface area (Å²) in [6.07, 6.45) is 0.894. The van der Waals surface area contributed by atoms with E-state index in [9.17, 15) is 19.6 Å². The molecule has 0 aromatic heterocycles. The molecule has 122 valence electrons. The normalized spacial score (nSPS) is 15.4. The van der Waals surface area contributed by atoms with Gasteiger partial charge in [-0.3, -0.25) is 9.36 Å². The summed E-state index contributed by atoms with van der Waals surface area (Å²) in [5.41, 5.74) is 0. The van der Waals surface area contributed by atoms with Crippen molar-refractivity contribution in [2.45, 2.75) is 30.0 Å². The fourth-order valence-corrected chi connectivity index (χ4v) is 4.39. The Hall–Kier alpha value is -1.42. The van der Waals surface area contributed by atoms with E-state index in [0.717, 1.165) is 15.7 Å². The van der Waals surface area contributed by atoms with Gasteiger partial charge in [0.1, 0.15) is 0 Å². The van der Waals surface area contributed by atoms with E-state index in [1.54, 1.807) is 0 Å². The third kappa shape index (κ3) is 4.11. The minimum Gasteiger partial charge on any atom is -0.481 e. The molecule has 2 aromatic rings. The molecule has 2 rings (SSSR count). The van der Waals surface area contributed by atoms with Crippen molar-refractivity contribution in [2.75, 3.05) is 5.75 Å². The van der Waals surface area contributed by atoms with Gasteiger partial charge < -0.3 is 10.2 Å². The molecule has 0 radical (unpaired) electrons. The Balaban J connectivity index is 2.25. The summed E-state index contributed by atoms with van der Waals surface area (Å²) in [7, 11) is -0.553. The van der Waals surface area contributed by atoms with E-state index in [-0.39, 0.29) is 12.2 Å². The minimum atomic E-state index is -1.77. The van der Waals surface area contributed by atoms with Crippen LogP contribution in [0.3, 0.4) is 0 Å². The van der Waals surface area contributed by atoms with Crippen molar-refractivity contribution in [3.63, 3.8) is 0 Å². The molecule has 2 aromatic carbocycles. The lowest BCUT2D eigenvalue weighted by atomic mass is 9.98. The second-order valence-electron chi connectivity index (χ2n) is 5.42. The van der Waals surface area contributed by atoms with E-state index in [0.29, 0.717) is 6.42 Å². The zero-order chi connectivity index (χ0) is 16.9. The van der Waals surface area contributed by atoms with Crippen LogP contribution in [-0.4, -0.2) is 27.3 Å². The average Bonchev–Trinajstić information content (AvgIpc) is 2.57. The summed E-state index contributed by atoms with van der Waals surface area (Å²) in [6.45, 7) is 1.84. The number of carboxylic acid groups (broad SMARTS) is 1.